The van der Waals surface area contributed by atoms with Crippen LogP contribution in [0.4, 0.5) is 6.01 Å². The van der Waals surface area contributed by atoms with Gasteiger partial charge in [0.15, 0.2) is 0 Å². The van der Waals surface area contributed by atoms with Crippen molar-refractivity contribution in [2.24, 2.45) is 5.92 Å². The van der Waals surface area contributed by atoms with E-state index in [9.17, 15) is 0 Å². The summed E-state index contributed by atoms with van der Waals surface area (Å²) in [7, 11) is 1.99. The topological polar surface area (TPSA) is 63.4 Å². The van der Waals surface area contributed by atoms with Gasteiger partial charge in [-0.2, -0.15) is 0 Å². The van der Waals surface area contributed by atoms with Crippen LogP contribution in [-0.4, -0.2) is 43.0 Å². The predicted octanol–water partition coefficient (Wildman–Crippen LogP) is 1.43. The summed E-state index contributed by atoms with van der Waals surface area (Å²) in [5.74, 6) is 1.19. The second kappa shape index (κ2) is 6.86. The molecule has 1 saturated heterocycles. The van der Waals surface area contributed by atoms with Crippen molar-refractivity contribution in [1.82, 2.24) is 15.5 Å². The maximum atomic E-state index is 5.64. The largest absolute Gasteiger partial charge is 0.407 e. The molecule has 1 unspecified atom stereocenters. The van der Waals surface area contributed by atoms with Gasteiger partial charge in [-0.25, -0.2) is 0 Å². The van der Waals surface area contributed by atoms with Gasteiger partial charge in [0.2, 0.25) is 5.89 Å². The second-order valence-corrected chi connectivity index (χ2v) is 5.48. The average molecular weight is 268 g/mol. The summed E-state index contributed by atoms with van der Waals surface area (Å²) in [6.45, 7) is 7.43. The fourth-order valence-corrected chi connectivity index (χ4v) is 2.18. The van der Waals surface area contributed by atoms with Gasteiger partial charge in [0, 0.05) is 32.2 Å². The summed E-state index contributed by atoms with van der Waals surface area (Å²) in [4.78, 5) is 2.02. The standard InChI is InChI=1S/C13H24N4O2/c1-10(2)14-7-12-15-16-13(19-12)17(3)8-11-5-4-6-18-9-11/h10-11,14H,4-9H2,1-3H3. The monoisotopic (exact) mass is 268 g/mol. The third-order valence-corrected chi connectivity index (χ3v) is 3.23. The Labute approximate surface area is 114 Å². The minimum Gasteiger partial charge on any atom is -0.407 e. The van der Waals surface area contributed by atoms with Crippen molar-refractivity contribution in [3.8, 4) is 0 Å². The Morgan fingerprint density at radius 1 is 1.42 bits per heavy atom. The molecule has 1 aromatic rings. The van der Waals surface area contributed by atoms with Gasteiger partial charge in [0.25, 0.3) is 0 Å². The molecule has 2 heterocycles. The first-order chi connectivity index (χ1) is 9.15. The number of hydrogen-bond donors (Lipinski definition) is 1. The van der Waals surface area contributed by atoms with Crippen LogP contribution in [0.25, 0.3) is 0 Å². The van der Waals surface area contributed by atoms with Crippen molar-refractivity contribution in [1.29, 1.82) is 0 Å². The zero-order valence-electron chi connectivity index (χ0n) is 12.1. The van der Waals surface area contributed by atoms with Crippen molar-refractivity contribution in [3.63, 3.8) is 0 Å². The molecule has 0 radical (unpaired) electrons. The van der Waals surface area contributed by atoms with E-state index in [1.165, 1.54) is 6.42 Å². The molecule has 108 valence electrons. The van der Waals surface area contributed by atoms with Gasteiger partial charge in [0.05, 0.1) is 13.2 Å². The van der Waals surface area contributed by atoms with Crippen LogP contribution in [0.3, 0.4) is 0 Å². The Morgan fingerprint density at radius 2 is 2.26 bits per heavy atom. The lowest BCUT2D eigenvalue weighted by atomic mass is 10.0. The number of ether oxygens (including phenoxy) is 1. The van der Waals surface area contributed by atoms with E-state index in [-0.39, 0.29) is 0 Å². The zero-order chi connectivity index (χ0) is 13.7. The SMILES string of the molecule is CC(C)NCc1nnc(N(C)CC2CCCOC2)o1. The van der Waals surface area contributed by atoms with Crippen molar-refractivity contribution in [2.45, 2.75) is 39.3 Å². The van der Waals surface area contributed by atoms with E-state index in [0.29, 0.717) is 30.4 Å². The molecule has 1 N–H and O–H groups in total. The van der Waals surface area contributed by atoms with Crippen LogP contribution in [-0.2, 0) is 11.3 Å². The Hall–Kier alpha value is -1.14. The van der Waals surface area contributed by atoms with Crippen LogP contribution in [0.5, 0.6) is 0 Å². The first kappa shape index (κ1) is 14.3. The molecule has 1 aromatic heterocycles. The second-order valence-electron chi connectivity index (χ2n) is 5.48. The van der Waals surface area contributed by atoms with Crippen LogP contribution in [0.2, 0.25) is 0 Å². The molecule has 0 aromatic carbocycles. The summed E-state index contributed by atoms with van der Waals surface area (Å²) in [6, 6.07) is 0.999. The highest BCUT2D eigenvalue weighted by Gasteiger charge is 2.19. The van der Waals surface area contributed by atoms with E-state index in [1.807, 2.05) is 11.9 Å². The zero-order valence-corrected chi connectivity index (χ0v) is 12.1. The van der Waals surface area contributed by atoms with Gasteiger partial charge in [-0.1, -0.05) is 18.9 Å². The summed E-state index contributed by atoms with van der Waals surface area (Å²) in [5, 5.41) is 11.4. The number of hydrogen-bond acceptors (Lipinski definition) is 6. The highest BCUT2D eigenvalue weighted by molar-refractivity contribution is 5.22. The van der Waals surface area contributed by atoms with Crippen LogP contribution in [0.15, 0.2) is 4.42 Å². The van der Waals surface area contributed by atoms with Crippen molar-refractivity contribution in [3.05, 3.63) is 5.89 Å². The van der Waals surface area contributed by atoms with Gasteiger partial charge in [-0.3, -0.25) is 0 Å². The van der Waals surface area contributed by atoms with Gasteiger partial charge < -0.3 is 19.4 Å². The number of anilines is 1. The maximum Gasteiger partial charge on any atom is 0.317 e. The lowest BCUT2D eigenvalue weighted by Crippen LogP contribution is -2.31. The molecular formula is C13H24N4O2. The molecule has 6 heteroatoms. The minimum absolute atomic E-state index is 0.410. The molecule has 1 aliphatic rings. The Kier molecular flexibility index (Phi) is 5.15. The summed E-state index contributed by atoms with van der Waals surface area (Å²) < 4.78 is 11.1. The molecule has 1 aliphatic heterocycles. The molecule has 0 aliphatic carbocycles. The third-order valence-electron chi connectivity index (χ3n) is 3.23. The fraction of sp³-hybridized carbons (Fsp3) is 0.846. The van der Waals surface area contributed by atoms with Crippen LogP contribution in [0.1, 0.15) is 32.6 Å². The molecule has 2 rings (SSSR count). The van der Waals surface area contributed by atoms with Gasteiger partial charge in [-0.05, 0) is 12.8 Å². The van der Waals surface area contributed by atoms with Crippen molar-refractivity contribution >= 4 is 6.01 Å². The van der Waals surface area contributed by atoms with Crippen LogP contribution < -0.4 is 10.2 Å². The number of nitrogens with one attached hydrogen (secondary N) is 1. The number of rotatable bonds is 6. The quantitative estimate of drug-likeness (QED) is 0.842. The third kappa shape index (κ3) is 4.47. The fourth-order valence-electron chi connectivity index (χ4n) is 2.18. The number of aromatic nitrogens is 2. The van der Waals surface area contributed by atoms with E-state index < -0.39 is 0 Å². The van der Waals surface area contributed by atoms with Gasteiger partial charge in [-0.15, -0.1) is 5.10 Å². The minimum atomic E-state index is 0.410. The molecule has 0 amide bonds. The molecule has 0 spiro atoms. The maximum absolute atomic E-state index is 5.64. The Balaban J connectivity index is 1.82. The molecule has 0 bridgehead atoms. The first-order valence-electron chi connectivity index (χ1n) is 7.00. The van der Waals surface area contributed by atoms with Crippen molar-refractivity contribution < 1.29 is 9.15 Å². The summed E-state index contributed by atoms with van der Waals surface area (Å²) in [5.41, 5.74) is 0. The smallest absolute Gasteiger partial charge is 0.317 e. The predicted molar refractivity (Wildman–Crippen MR) is 73.1 cm³/mol. The summed E-state index contributed by atoms with van der Waals surface area (Å²) in [6.07, 6.45) is 2.35. The molecule has 0 saturated carbocycles. The van der Waals surface area contributed by atoms with E-state index in [2.05, 4.69) is 29.4 Å². The normalized spacial score (nSPS) is 19.9. The molecule has 19 heavy (non-hydrogen) atoms. The molecular weight excluding hydrogens is 244 g/mol. The van der Waals surface area contributed by atoms with Gasteiger partial charge in [0.1, 0.15) is 0 Å². The lowest BCUT2D eigenvalue weighted by Gasteiger charge is -2.25. The lowest BCUT2D eigenvalue weighted by molar-refractivity contribution is 0.0573. The van der Waals surface area contributed by atoms with E-state index in [0.717, 1.165) is 26.2 Å². The van der Waals surface area contributed by atoms with E-state index in [4.69, 9.17) is 9.15 Å². The summed E-state index contributed by atoms with van der Waals surface area (Å²) >= 11 is 0. The van der Waals surface area contributed by atoms with E-state index in [1.54, 1.807) is 0 Å². The Bertz CT molecular complexity index is 374. The van der Waals surface area contributed by atoms with Crippen LogP contribution >= 0.6 is 0 Å². The molecule has 6 nitrogen and oxygen atoms in total. The average Bonchev–Trinajstić information content (AvgIpc) is 2.86. The van der Waals surface area contributed by atoms with Crippen LogP contribution in [0, 0.1) is 5.92 Å². The number of nitrogens with zero attached hydrogens (tertiary/aromatic N) is 3. The molecule has 1 fully saturated rings. The van der Waals surface area contributed by atoms with Gasteiger partial charge >= 0.3 is 6.01 Å². The first-order valence-corrected chi connectivity index (χ1v) is 7.00. The highest BCUT2D eigenvalue weighted by atomic mass is 16.5. The molecule has 1 atom stereocenters. The van der Waals surface area contributed by atoms with E-state index >= 15 is 0 Å². The highest BCUT2D eigenvalue weighted by Crippen LogP contribution is 2.18. The Morgan fingerprint density at radius 3 is 2.95 bits per heavy atom. The van der Waals surface area contributed by atoms with Crippen molar-refractivity contribution in [2.75, 3.05) is 31.7 Å².